The van der Waals surface area contributed by atoms with Gasteiger partial charge in [0.2, 0.25) is 5.91 Å². The number of aryl methyl sites for hydroxylation is 1. The van der Waals surface area contributed by atoms with Crippen molar-refractivity contribution in [2.45, 2.75) is 65.1 Å². The van der Waals surface area contributed by atoms with E-state index in [1.807, 2.05) is 39.0 Å². The summed E-state index contributed by atoms with van der Waals surface area (Å²) < 4.78 is 5.84. The molecular weight excluding hydrogens is 276 g/mol. The van der Waals surface area contributed by atoms with E-state index < -0.39 is 0 Å². The molecule has 1 aliphatic carbocycles. The Morgan fingerprint density at radius 2 is 2.18 bits per heavy atom. The van der Waals surface area contributed by atoms with Gasteiger partial charge < -0.3 is 15.8 Å². The summed E-state index contributed by atoms with van der Waals surface area (Å²) in [6, 6.07) is 6.27. The molecule has 0 aromatic heterocycles. The van der Waals surface area contributed by atoms with Crippen LogP contribution in [0.15, 0.2) is 18.2 Å². The van der Waals surface area contributed by atoms with Gasteiger partial charge in [-0.05, 0) is 51.2 Å². The Bertz CT molecular complexity index is 514. The fourth-order valence-corrected chi connectivity index (χ4v) is 2.99. The largest absolute Gasteiger partial charge is 0.491 e. The summed E-state index contributed by atoms with van der Waals surface area (Å²) in [5, 5.41) is 3.01. The summed E-state index contributed by atoms with van der Waals surface area (Å²) in [6.07, 6.45) is 3.91. The van der Waals surface area contributed by atoms with Crippen LogP contribution in [0, 0.1) is 12.8 Å². The lowest BCUT2D eigenvalue weighted by Gasteiger charge is -2.17. The maximum absolute atomic E-state index is 12.1. The smallest absolute Gasteiger partial charge is 0.220 e. The molecular formula is C18H28N2O2. The molecule has 4 nitrogen and oxygen atoms in total. The summed E-state index contributed by atoms with van der Waals surface area (Å²) in [7, 11) is 0. The average Bonchev–Trinajstić information content (AvgIpc) is 2.82. The van der Waals surface area contributed by atoms with Crippen LogP contribution in [-0.2, 0) is 11.3 Å². The van der Waals surface area contributed by atoms with Gasteiger partial charge >= 0.3 is 0 Å². The third-order valence-corrected chi connectivity index (χ3v) is 4.23. The van der Waals surface area contributed by atoms with E-state index in [9.17, 15) is 4.79 Å². The van der Waals surface area contributed by atoms with Gasteiger partial charge in [-0.25, -0.2) is 0 Å². The van der Waals surface area contributed by atoms with Gasteiger partial charge in [0.05, 0.1) is 6.10 Å². The zero-order valence-corrected chi connectivity index (χ0v) is 13.9. The zero-order valence-electron chi connectivity index (χ0n) is 13.9. The average molecular weight is 304 g/mol. The number of benzene rings is 1. The Balaban J connectivity index is 1.91. The molecule has 0 spiro atoms. The van der Waals surface area contributed by atoms with Crippen LogP contribution in [0.3, 0.4) is 0 Å². The van der Waals surface area contributed by atoms with Gasteiger partial charge in [-0.15, -0.1) is 0 Å². The number of rotatable bonds is 6. The second kappa shape index (κ2) is 7.63. The minimum absolute atomic E-state index is 0.0819. The van der Waals surface area contributed by atoms with E-state index in [-0.39, 0.29) is 18.1 Å². The number of nitrogens with one attached hydrogen (secondary N) is 1. The predicted octanol–water partition coefficient (Wildman–Crippen LogP) is 2.92. The second-order valence-corrected chi connectivity index (χ2v) is 6.61. The number of carbonyl (C=O) groups is 1. The highest BCUT2D eigenvalue weighted by Gasteiger charge is 2.25. The first-order valence-corrected chi connectivity index (χ1v) is 8.24. The molecule has 2 rings (SSSR count). The van der Waals surface area contributed by atoms with Crippen LogP contribution < -0.4 is 15.8 Å². The third kappa shape index (κ3) is 4.73. The number of hydrogen-bond acceptors (Lipinski definition) is 3. The Morgan fingerprint density at radius 3 is 2.82 bits per heavy atom. The summed E-state index contributed by atoms with van der Waals surface area (Å²) in [4.78, 5) is 12.1. The SMILES string of the molecule is Cc1ccc(CNC(=O)C[C@@H]2CCC[C@H]2N)c(OC(C)C)c1. The van der Waals surface area contributed by atoms with E-state index in [4.69, 9.17) is 10.5 Å². The van der Waals surface area contributed by atoms with E-state index in [0.717, 1.165) is 36.1 Å². The monoisotopic (exact) mass is 304 g/mol. The van der Waals surface area contributed by atoms with Crippen molar-refractivity contribution in [1.29, 1.82) is 0 Å². The van der Waals surface area contributed by atoms with Crippen molar-refractivity contribution >= 4 is 5.91 Å². The minimum atomic E-state index is 0.0819. The van der Waals surface area contributed by atoms with Crippen LogP contribution in [0.4, 0.5) is 0 Å². The van der Waals surface area contributed by atoms with Crippen molar-refractivity contribution in [2.24, 2.45) is 11.7 Å². The molecule has 3 N–H and O–H groups in total. The molecule has 122 valence electrons. The van der Waals surface area contributed by atoms with Crippen molar-refractivity contribution in [3.8, 4) is 5.75 Å². The summed E-state index contributed by atoms with van der Waals surface area (Å²) in [6.45, 7) is 6.55. The molecule has 1 fully saturated rings. The number of amides is 1. The van der Waals surface area contributed by atoms with Gasteiger partial charge in [0.15, 0.2) is 0 Å². The maximum atomic E-state index is 12.1. The van der Waals surface area contributed by atoms with E-state index in [0.29, 0.717) is 18.9 Å². The third-order valence-electron chi connectivity index (χ3n) is 4.23. The quantitative estimate of drug-likeness (QED) is 0.849. The Morgan fingerprint density at radius 1 is 1.41 bits per heavy atom. The van der Waals surface area contributed by atoms with Crippen molar-refractivity contribution < 1.29 is 9.53 Å². The molecule has 0 aliphatic heterocycles. The van der Waals surface area contributed by atoms with Gasteiger partial charge in [-0.2, -0.15) is 0 Å². The van der Waals surface area contributed by atoms with Crippen LogP contribution in [0.2, 0.25) is 0 Å². The molecule has 4 heteroatoms. The number of nitrogens with two attached hydrogens (primary N) is 1. The van der Waals surface area contributed by atoms with Gasteiger partial charge in [0.1, 0.15) is 5.75 Å². The van der Waals surface area contributed by atoms with E-state index in [1.54, 1.807) is 0 Å². The maximum Gasteiger partial charge on any atom is 0.220 e. The van der Waals surface area contributed by atoms with E-state index in [2.05, 4.69) is 5.32 Å². The topological polar surface area (TPSA) is 64.4 Å². The molecule has 0 unspecified atom stereocenters. The highest BCUT2D eigenvalue weighted by Crippen LogP contribution is 2.27. The van der Waals surface area contributed by atoms with Crippen LogP contribution in [-0.4, -0.2) is 18.1 Å². The Hall–Kier alpha value is -1.55. The lowest BCUT2D eigenvalue weighted by molar-refractivity contribution is -0.122. The molecule has 0 saturated heterocycles. The Kier molecular flexibility index (Phi) is 5.83. The standard InChI is InChI=1S/C18H28N2O2/c1-12(2)22-17-9-13(3)7-8-15(17)11-20-18(21)10-14-5-4-6-16(14)19/h7-9,12,14,16H,4-6,10-11,19H2,1-3H3,(H,20,21)/t14-,16+/m0/s1. The first-order chi connectivity index (χ1) is 10.5. The Labute approximate surface area is 133 Å². The van der Waals surface area contributed by atoms with Gasteiger partial charge in [0, 0.05) is 24.6 Å². The lowest BCUT2D eigenvalue weighted by atomic mass is 10.00. The normalized spacial score (nSPS) is 21.1. The molecule has 0 bridgehead atoms. The summed E-state index contributed by atoms with van der Waals surface area (Å²) in [5.41, 5.74) is 8.20. The second-order valence-electron chi connectivity index (χ2n) is 6.61. The number of hydrogen-bond donors (Lipinski definition) is 2. The lowest BCUT2D eigenvalue weighted by Crippen LogP contribution is -2.31. The predicted molar refractivity (Wildman–Crippen MR) is 88.7 cm³/mol. The zero-order chi connectivity index (χ0) is 16.1. The van der Waals surface area contributed by atoms with Crippen molar-refractivity contribution in [1.82, 2.24) is 5.32 Å². The van der Waals surface area contributed by atoms with Gasteiger partial charge in [-0.3, -0.25) is 4.79 Å². The number of ether oxygens (including phenoxy) is 1. The van der Waals surface area contributed by atoms with Gasteiger partial charge in [0.25, 0.3) is 0 Å². The summed E-state index contributed by atoms with van der Waals surface area (Å²) >= 11 is 0. The molecule has 2 atom stereocenters. The fraction of sp³-hybridized carbons (Fsp3) is 0.611. The highest BCUT2D eigenvalue weighted by molar-refractivity contribution is 5.76. The molecule has 22 heavy (non-hydrogen) atoms. The van der Waals surface area contributed by atoms with Crippen LogP contribution in [0.1, 0.15) is 50.7 Å². The number of carbonyl (C=O) groups excluding carboxylic acids is 1. The summed E-state index contributed by atoms with van der Waals surface area (Å²) in [5.74, 6) is 1.27. The highest BCUT2D eigenvalue weighted by atomic mass is 16.5. The van der Waals surface area contributed by atoms with Crippen LogP contribution in [0.25, 0.3) is 0 Å². The molecule has 1 aromatic rings. The molecule has 1 amide bonds. The van der Waals surface area contributed by atoms with E-state index in [1.165, 1.54) is 0 Å². The van der Waals surface area contributed by atoms with E-state index >= 15 is 0 Å². The molecule has 0 heterocycles. The van der Waals surface area contributed by atoms with Crippen LogP contribution in [0.5, 0.6) is 5.75 Å². The molecule has 1 aromatic carbocycles. The first kappa shape index (κ1) is 16.8. The van der Waals surface area contributed by atoms with Crippen molar-refractivity contribution in [2.75, 3.05) is 0 Å². The molecule has 1 saturated carbocycles. The minimum Gasteiger partial charge on any atom is -0.491 e. The van der Waals surface area contributed by atoms with Crippen molar-refractivity contribution in [3.05, 3.63) is 29.3 Å². The van der Waals surface area contributed by atoms with Crippen LogP contribution >= 0.6 is 0 Å². The first-order valence-electron chi connectivity index (χ1n) is 8.24. The van der Waals surface area contributed by atoms with Gasteiger partial charge in [-0.1, -0.05) is 18.6 Å². The fourth-order valence-electron chi connectivity index (χ4n) is 2.99. The molecule has 0 radical (unpaired) electrons. The molecule has 1 aliphatic rings. The van der Waals surface area contributed by atoms with Crippen molar-refractivity contribution in [3.63, 3.8) is 0 Å².